The molecular formula is C24H17BrClN3O. The number of carbonyl (C=O) groups excluding carboxylic acids is 1. The number of benzene rings is 3. The summed E-state index contributed by atoms with van der Waals surface area (Å²) in [5, 5.41) is 8.18. The SMILES string of the molecule is O=C1c2[nH]nc(-c3ccccc3)c2C(c2cccc(Br)c2)N1Cc1ccc(Cl)cc1. The van der Waals surface area contributed by atoms with Crippen LogP contribution in [0.3, 0.4) is 0 Å². The van der Waals surface area contributed by atoms with Crippen molar-refractivity contribution in [1.29, 1.82) is 0 Å². The van der Waals surface area contributed by atoms with Crippen molar-refractivity contribution in [2.24, 2.45) is 0 Å². The van der Waals surface area contributed by atoms with E-state index in [-0.39, 0.29) is 11.9 Å². The van der Waals surface area contributed by atoms with Crippen molar-refractivity contribution in [3.05, 3.63) is 111 Å². The highest BCUT2D eigenvalue weighted by Gasteiger charge is 2.42. The third-order valence-electron chi connectivity index (χ3n) is 5.34. The number of hydrogen-bond acceptors (Lipinski definition) is 2. The number of nitrogens with one attached hydrogen (secondary N) is 1. The molecule has 0 bridgehead atoms. The lowest BCUT2D eigenvalue weighted by atomic mass is 9.96. The highest BCUT2D eigenvalue weighted by molar-refractivity contribution is 9.10. The fourth-order valence-corrected chi connectivity index (χ4v) is 4.53. The minimum absolute atomic E-state index is 0.0559. The average molecular weight is 479 g/mol. The van der Waals surface area contributed by atoms with E-state index in [4.69, 9.17) is 11.6 Å². The number of H-pyrrole nitrogens is 1. The molecule has 1 unspecified atom stereocenters. The Morgan fingerprint density at radius 1 is 1.00 bits per heavy atom. The van der Waals surface area contributed by atoms with Gasteiger partial charge < -0.3 is 4.90 Å². The summed E-state index contributed by atoms with van der Waals surface area (Å²) in [4.78, 5) is 15.3. The Balaban J connectivity index is 1.64. The fourth-order valence-electron chi connectivity index (χ4n) is 3.99. The zero-order valence-corrected chi connectivity index (χ0v) is 18.2. The van der Waals surface area contributed by atoms with E-state index in [9.17, 15) is 4.79 Å². The summed E-state index contributed by atoms with van der Waals surface area (Å²) >= 11 is 9.62. The van der Waals surface area contributed by atoms with Crippen LogP contribution in [0.25, 0.3) is 11.3 Å². The first kappa shape index (κ1) is 19.1. The molecule has 2 heterocycles. The number of carbonyl (C=O) groups is 1. The zero-order chi connectivity index (χ0) is 20.7. The van der Waals surface area contributed by atoms with Gasteiger partial charge >= 0.3 is 0 Å². The molecule has 1 atom stereocenters. The van der Waals surface area contributed by atoms with E-state index in [2.05, 4.69) is 38.3 Å². The molecule has 0 spiro atoms. The van der Waals surface area contributed by atoms with Crippen LogP contribution in [0.2, 0.25) is 5.02 Å². The first-order valence-corrected chi connectivity index (χ1v) is 10.7. The highest BCUT2D eigenvalue weighted by atomic mass is 79.9. The van der Waals surface area contributed by atoms with Gasteiger partial charge in [-0.05, 0) is 35.4 Å². The molecule has 1 aliphatic rings. The first-order chi connectivity index (χ1) is 14.6. The molecule has 0 aliphatic carbocycles. The summed E-state index contributed by atoms with van der Waals surface area (Å²) < 4.78 is 0.970. The maximum atomic E-state index is 13.4. The van der Waals surface area contributed by atoms with Crippen molar-refractivity contribution >= 4 is 33.4 Å². The predicted molar refractivity (Wildman–Crippen MR) is 121 cm³/mol. The number of hydrogen-bond donors (Lipinski definition) is 1. The Labute approximate surface area is 187 Å². The molecule has 5 rings (SSSR count). The van der Waals surface area contributed by atoms with Gasteiger partial charge in [0.15, 0.2) is 0 Å². The molecule has 1 aliphatic heterocycles. The summed E-state index contributed by atoms with van der Waals surface area (Å²) in [6.45, 7) is 0.476. The normalized spacial score (nSPS) is 15.5. The van der Waals surface area contributed by atoms with Gasteiger partial charge in [-0.2, -0.15) is 5.10 Å². The maximum Gasteiger partial charge on any atom is 0.273 e. The van der Waals surface area contributed by atoms with Gasteiger partial charge in [0, 0.05) is 27.2 Å². The van der Waals surface area contributed by atoms with Gasteiger partial charge in [-0.15, -0.1) is 0 Å². The van der Waals surface area contributed by atoms with Gasteiger partial charge in [0.2, 0.25) is 0 Å². The zero-order valence-electron chi connectivity index (χ0n) is 15.8. The number of nitrogens with zero attached hydrogens (tertiary/aromatic N) is 2. The third kappa shape index (κ3) is 3.34. The summed E-state index contributed by atoms with van der Waals surface area (Å²) in [6.07, 6.45) is 0. The van der Waals surface area contributed by atoms with Crippen LogP contribution >= 0.6 is 27.5 Å². The number of rotatable bonds is 4. The number of fused-ring (bicyclic) bond motifs is 1. The van der Waals surface area contributed by atoms with E-state index in [1.807, 2.05) is 71.6 Å². The second-order valence-electron chi connectivity index (χ2n) is 7.24. The van der Waals surface area contributed by atoms with Crippen LogP contribution in [0.4, 0.5) is 0 Å². The van der Waals surface area contributed by atoms with Crippen LogP contribution in [0.5, 0.6) is 0 Å². The topological polar surface area (TPSA) is 49.0 Å². The van der Waals surface area contributed by atoms with Crippen LogP contribution < -0.4 is 0 Å². The van der Waals surface area contributed by atoms with Crippen molar-refractivity contribution in [2.75, 3.05) is 0 Å². The first-order valence-electron chi connectivity index (χ1n) is 9.56. The lowest BCUT2D eigenvalue weighted by molar-refractivity contribution is 0.0730. The minimum atomic E-state index is -0.241. The molecule has 1 amide bonds. The quantitative estimate of drug-likeness (QED) is 0.377. The molecule has 1 N–H and O–H groups in total. The van der Waals surface area contributed by atoms with Gasteiger partial charge in [0.1, 0.15) is 5.69 Å². The van der Waals surface area contributed by atoms with E-state index >= 15 is 0 Å². The van der Waals surface area contributed by atoms with E-state index in [0.29, 0.717) is 17.3 Å². The molecule has 4 aromatic rings. The van der Waals surface area contributed by atoms with Crippen LogP contribution in [-0.4, -0.2) is 21.0 Å². The van der Waals surface area contributed by atoms with Crippen LogP contribution in [0.15, 0.2) is 83.3 Å². The second kappa shape index (κ2) is 7.74. The number of amides is 1. The molecule has 0 saturated heterocycles. The summed E-state index contributed by atoms with van der Waals surface area (Å²) in [7, 11) is 0. The fraction of sp³-hybridized carbons (Fsp3) is 0.0833. The Morgan fingerprint density at radius 3 is 2.50 bits per heavy atom. The molecule has 148 valence electrons. The summed E-state index contributed by atoms with van der Waals surface area (Å²) in [5.41, 5.74) is 5.31. The van der Waals surface area contributed by atoms with Crippen LogP contribution in [0, 0.1) is 0 Å². The van der Waals surface area contributed by atoms with E-state index in [0.717, 1.165) is 32.4 Å². The lowest BCUT2D eigenvalue weighted by Gasteiger charge is -2.26. The van der Waals surface area contributed by atoms with Gasteiger partial charge in [-0.1, -0.05) is 82.1 Å². The third-order valence-corrected chi connectivity index (χ3v) is 6.09. The van der Waals surface area contributed by atoms with Crippen molar-refractivity contribution in [2.45, 2.75) is 12.6 Å². The lowest BCUT2D eigenvalue weighted by Crippen LogP contribution is -2.29. The smallest absolute Gasteiger partial charge is 0.273 e. The number of aromatic nitrogens is 2. The molecule has 0 fully saturated rings. The molecule has 0 radical (unpaired) electrons. The van der Waals surface area contributed by atoms with Gasteiger partial charge in [0.05, 0.1) is 11.7 Å². The Morgan fingerprint density at radius 2 is 1.77 bits per heavy atom. The van der Waals surface area contributed by atoms with Crippen LogP contribution in [0.1, 0.15) is 33.2 Å². The molecular weight excluding hydrogens is 462 g/mol. The van der Waals surface area contributed by atoms with Crippen LogP contribution in [-0.2, 0) is 6.54 Å². The van der Waals surface area contributed by atoms with Gasteiger partial charge in [0.25, 0.3) is 5.91 Å². The monoisotopic (exact) mass is 477 g/mol. The summed E-state index contributed by atoms with van der Waals surface area (Å²) in [6, 6.07) is 25.4. The maximum absolute atomic E-state index is 13.4. The Kier molecular flexibility index (Phi) is 4.93. The second-order valence-corrected chi connectivity index (χ2v) is 8.60. The van der Waals surface area contributed by atoms with E-state index < -0.39 is 0 Å². The number of aromatic amines is 1. The van der Waals surface area contributed by atoms with E-state index in [1.165, 1.54) is 0 Å². The highest BCUT2D eigenvalue weighted by Crippen LogP contribution is 2.43. The molecule has 3 aromatic carbocycles. The molecule has 6 heteroatoms. The average Bonchev–Trinajstić information content (AvgIpc) is 3.30. The van der Waals surface area contributed by atoms with Gasteiger partial charge in [-0.3, -0.25) is 9.89 Å². The van der Waals surface area contributed by atoms with E-state index in [1.54, 1.807) is 0 Å². The number of halogens is 2. The molecule has 4 nitrogen and oxygen atoms in total. The summed E-state index contributed by atoms with van der Waals surface area (Å²) in [5.74, 6) is -0.0559. The van der Waals surface area contributed by atoms with Crippen molar-refractivity contribution in [3.63, 3.8) is 0 Å². The minimum Gasteiger partial charge on any atom is -0.322 e. The van der Waals surface area contributed by atoms with Gasteiger partial charge in [-0.25, -0.2) is 0 Å². The standard InChI is InChI=1S/C24H17BrClN3O/c25-18-8-4-7-17(13-18)23-20-21(16-5-2-1-3-6-16)27-28-22(20)24(30)29(23)14-15-9-11-19(26)12-10-15/h1-13,23H,14H2,(H,27,28). The molecule has 0 saturated carbocycles. The predicted octanol–water partition coefficient (Wildman–Crippen LogP) is 6.24. The Hall–Kier alpha value is -2.89. The van der Waals surface area contributed by atoms with Crippen molar-refractivity contribution in [1.82, 2.24) is 15.1 Å². The van der Waals surface area contributed by atoms with Crippen molar-refractivity contribution in [3.8, 4) is 11.3 Å². The molecule has 1 aromatic heterocycles. The Bertz CT molecular complexity index is 1220. The van der Waals surface area contributed by atoms with Crippen molar-refractivity contribution < 1.29 is 4.79 Å². The molecule has 30 heavy (non-hydrogen) atoms. The largest absolute Gasteiger partial charge is 0.322 e.